The number of carbonyl (C=O) groups excluding carboxylic acids is 1. The molecule has 4 nitrogen and oxygen atoms in total. The fraction of sp³-hybridized carbons (Fsp3) is 0.364. The summed E-state index contributed by atoms with van der Waals surface area (Å²) in [6, 6.07) is 6.15. The Bertz CT molecular complexity index is 357. The number of ether oxygens (including phenoxy) is 1. The molecule has 0 fully saturated rings. The van der Waals surface area contributed by atoms with Crippen molar-refractivity contribution in [1.82, 2.24) is 5.48 Å². The van der Waals surface area contributed by atoms with Gasteiger partial charge in [0.2, 0.25) is 0 Å². The molecule has 0 saturated heterocycles. The topological polar surface area (TPSA) is 58.6 Å². The van der Waals surface area contributed by atoms with Gasteiger partial charge in [-0.2, -0.15) is 0 Å². The van der Waals surface area contributed by atoms with Crippen LogP contribution in [0.3, 0.4) is 0 Å². The molecule has 5 heteroatoms. The Morgan fingerprint density at radius 3 is 2.81 bits per heavy atom. The second-order valence-corrected chi connectivity index (χ2v) is 3.36. The Balaban J connectivity index is 2.85. The largest absolute Gasteiger partial charge is 0.469 e. The average molecular weight is 227 g/mol. The lowest BCUT2D eigenvalue weighted by atomic mass is 9.95. The zero-order valence-electron chi connectivity index (χ0n) is 8.94. The van der Waals surface area contributed by atoms with E-state index in [1.165, 1.54) is 13.2 Å². The normalized spacial score (nSPS) is 12.2. The Hall–Kier alpha value is -1.46. The van der Waals surface area contributed by atoms with Crippen LogP contribution in [0, 0.1) is 5.82 Å². The van der Waals surface area contributed by atoms with Crippen molar-refractivity contribution in [3.8, 4) is 0 Å². The molecule has 0 aromatic heterocycles. The molecule has 0 spiro atoms. The van der Waals surface area contributed by atoms with Gasteiger partial charge in [-0.3, -0.25) is 4.79 Å². The van der Waals surface area contributed by atoms with Crippen molar-refractivity contribution < 1.29 is 19.1 Å². The van der Waals surface area contributed by atoms with Gasteiger partial charge in [0.25, 0.3) is 0 Å². The molecular formula is C11H14FNO3. The van der Waals surface area contributed by atoms with E-state index in [0.717, 1.165) is 0 Å². The second kappa shape index (κ2) is 6.19. The number of hydrogen-bond donors (Lipinski definition) is 2. The lowest BCUT2D eigenvalue weighted by Crippen LogP contribution is -2.21. The van der Waals surface area contributed by atoms with Gasteiger partial charge in [0, 0.05) is 12.5 Å². The van der Waals surface area contributed by atoms with Crippen LogP contribution in [0.1, 0.15) is 17.9 Å². The molecule has 0 aliphatic heterocycles. The maximum atomic E-state index is 13.5. The third-order valence-electron chi connectivity index (χ3n) is 2.32. The predicted octanol–water partition coefficient (Wildman–Crippen LogP) is 1.45. The summed E-state index contributed by atoms with van der Waals surface area (Å²) >= 11 is 0. The van der Waals surface area contributed by atoms with Crippen molar-refractivity contribution in [3.63, 3.8) is 0 Å². The Morgan fingerprint density at radius 2 is 2.25 bits per heavy atom. The first-order chi connectivity index (χ1) is 7.69. The van der Waals surface area contributed by atoms with Gasteiger partial charge in [0.15, 0.2) is 0 Å². The van der Waals surface area contributed by atoms with Crippen LogP contribution in [0.25, 0.3) is 0 Å². The minimum atomic E-state index is -0.446. The van der Waals surface area contributed by atoms with Crippen LogP contribution in [0.15, 0.2) is 24.3 Å². The highest BCUT2D eigenvalue weighted by Gasteiger charge is 2.19. The molecule has 1 aromatic carbocycles. The van der Waals surface area contributed by atoms with Crippen molar-refractivity contribution in [2.24, 2.45) is 0 Å². The van der Waals surface area contributed by atoms with Gasteiger partial charge in [0.1, 0.15) is 5.82 Å². The van der Waals surface area contributed by atoms with Crippen LogP contribution in [-0.2, 0) is 9.53 Å². The van der Waals surface area contributed by atoms with E-state index in [0.29, 0.717) is 5.56 Å². The molecule has 0 aliphatic rings. The van der Waals surface area contributed by atoms with Crippen molar-refractivity contribution in [2.45, 2.75) is 12.3 Å². The molecule has 0 aliphatic carbocycles. The van der Waals surface area contributed by atoms with Gasteiger partial charge >= 0.3 is 5.97 Å². The fourth-order valence-electron chi connectivity index (χ4n) is 1.49. The number of methoxy groups -OCH3 is 1. The van der Waals surface area contributed by atoms with E-state index >= 15 is 0 Å². The van der Waals surface area contributed by atoms with Crippen LogP contribution in [-0.4, -0.2) is 24.8 Å². The quantitative estimate of drug-likeness (QED) is 0.590. The molecule has 0 amide bonds. The van der Waals surface area contributed by atoms with Crippen LogP contribution in [0.4, 0.5) is 4.39 Å². The number of halogens is 1. The molecule has 0 heterocycles. The summed E-state index contributed by atoms with van der Waals surface area (Å²) in [5, 5.41) is 8.65. The molecule has 1 rings (SSSR count). The first-order valence-electron chi connectivity index (χ1n) is 4.87. The number of hydroxylamine groups is 1. The van der Waals surface area contributed by atoms with Gasteiger partial charge < -0.3 is 9.94 Å². The van der Waals surface area contributed by atoms with Gasteiger partial charge in [-0.25, -0.2) is 9.87 Å². The van der Waals surface area contributed by atoms with Crippen LogP contribution < -0.4 is 5.48 Å². The maximum Gasteiger partial charge on any atom is 0.306 e. The van der Waals surface area contributed by atoms with E-state index in [1.807, 2.05) is 5.48 Å². The fourth-order valence-corrected chi connectivity index (χ4v) is 1.49. The molecule has 1 atom stereocenters. The molecule has 1 unspecified atom stereocenters. The third kappa shape index (κ3) is 3.29. The van der Waals surface area contributed by atoms with Crippen LogP contribution in [0.5, 0.6) is 0 Å². The highest BCUT2D eigenvalue weighted by Crippen LogP contribution is 2.22. The van der Waals surface area contributed by atoms with E-state index in [4.69, 9.17) is 5.21 Å². The summed E-state index contributed by atoms with van der Waals surface area (Å²) in [7, 11) is 1.27. The Morgan fingerprint density at radius 1 is 1.56 bits per heavy atom. The summed E-state index contributed by atoms with van der Waals surface area (Å²) in [4.78, 5) is 11.1. The number of nitrogens with one attached hydrogen (secondary N) is 1. The number of benzene rings is 1. The summed E-state index contributed by atoms with van der Waals surface area (Å²) in [6.45, 7) is 0.0933. The van der Waals surface area contributed by atoms with Gasteiger partial charge in [-0.15, -0.1) is 0 Å². The Kier molecular flexibility index (Phi) is 4.88. The number of hydrogen-bond acceptors (Lipinski definition) is 4. The van der Waals surface area contributed by atoms with E-state index in [2.05, 4.69) is 4.74 Å². The lowest BCUT2D eigenvalue weighted by molar-refractivity contribution is -0.141. The van der Waals surface area contributed by atoms with Crippen molar-refractivity contribution in [1.29, 1.82) is 0 Å². The molecular weight excluding hydrogens is 213 g/mol. The Labute approximate surface area is 93.0 Å². The summed E-state index contributed by atoms with van der Waals surface area (Å²) in [5.41, 5.74) is 2.33. The molecule has 0 radical (unpaired) electrons. The summed E-state index contributed by atoms with van der Waals surface area (Å²) in [5.74, 6) is -1.28. The van der Waals surface area contributed by atoms with E-state index in [1.54, 1.807) is 18.2 Å². The van der Waals surface area contributed by atoms with E-state index < -0.39 is 17.7 Å². The number of esters is 1. The zero-order chi connectivity index (χ0) is 12.0. The number of carbonyl (C=O) groups is 1. The van der Waals surface area contributed by atoms with Crippen molar-refractivity contribution in [3.05, 3.63) is 35.6 Å². The van der Waals surface area contributed by atoms with Crippen molar-refractivity contribution >= 4 is 5.97 Å². The molecule has 16 heavy (non-hydrogen) atoms. The first kappa shape index (κ1) is 12.6. The summed E-state index contributed by atoms with van der Waals surface area (Å²) < 4.78 is 18.0. The minimum absolute atomic E-state index is 0.0188. The average Bonchev–Trinajstić information content (AvgIpc) is 2.29. The molecule has 0 saturated carbocycles. The van der Waals surface area contributed by atoms with Gasteiger partial charge in [-0.1, -0.05) is 18.2 Å². The molecule has 0 bridgehead atoms. The van der Waals surface area contributed by atoms with Crippen LogP contribution in [0.2, 0.25) is 0 Å². The summed E-state index contributed by atoms with van der Waals surface area (Å²) in [6.07, 6.45) is 0.0188. The first-order valence-corrected chi connectivity index (χ1v) is 4.87. The smallest absolute Gasteiger partial charge is 0.306 e. The molecule has 2 N–H and O–H groups in total. The monoisotopic (exact) mass is 227 g/mol. The minimum Gasteiger partial charge on any atom is -0.469 e. The van der Waals surface area contributed by atoms with Gasteiger partial charge in [-0.05, 0) is 11.6 Å². The highest BCUT2D eigenvalue weighted by molar-refractivity contribution is 5.70. The second-order valence-electron chi connectivity index (χ2n) is 3.36. The van der Waals surface area contributed by atoms with Gasteiger partial charge in [0.05, 0.1) is 13.5 Å². The number of rotatable bonds is 5. The van der Waals surface area contributed by atoms with Crippen molar-refractivity contribution in [2.75, 3.05) is 13.7 Å². The molecule has 88 valence electrons. The lowest BCUT2D eigenvalue weighted by Gasteiger charge is -2.15. The predicted molar refractivity (Wildman–Crippen MR) is 55.6 cm³/mol. The van der Waals surface area contributed by atoms with E-state index in [-0.39, 0.29) is 13.0 Å². The van der Waals surface area contributed by atoms with Crippen LogP contribution >= 0.6 is 0 Å². The standard InChI is InChI=1S/C11H14FNO3/c1-16-11(14)6-8(7-13-15)9-4-2-3-5-10(9)12/h2-5,8,13,15H,6-7H2,1H3. The highest BCUT2D eigenvalue weighted by atomic mass is 19.1. The van der Waals surface area contributed by atoms with E-state index in [9.17, 15) is 9.18 Å². The molecule has 1 aromatic rings. The third-order valence-corrected chi connectivity index (χ3v) is 2.32. The zero-order valence-corrected chi connectivity index (χ0v) is 8.94. The maximum absolute atomic E-state index is 13.5. The SMILES string of the molecule is COC(=O)CC(CNO)c1ccccc1F.